The highest BCUT2D eigenvalue weighted by Gasteiger charge is 2.21. The monoisotopic (exact) mass is 297 g/mol. The molecule has 0 bridgehead atoms. The number of anilines is 1. The maximum absolute atomic E-state index is 9.26. The van der Waals surface area contributed by atoms with Crippen molar-refractivity contribution in [1.29, 1.82) is 0 Å². The van der Waals surface area contributed by atoms with Crippen molar-refractivity contribution in [3.05, 3.63) is 60.2 Å². The van der Waals surface area contributed by atoms with E-state index in [1.807, 2.05) is 18.2 Å². The molecule has 1 fully saturated rings. The average Bonchev–Trinajstić information content (AvgIpc) is 3.05. The first kappa shape index (κ1) is 14.9. The summed E-state index contributed by atoms with van der Waals surface area (Å²) in [6.07, 6.45) is 1.98. The minimum absolute atomic E-state index is 0.282. The van der Waals surface area contributed by atoms with Gasteiger partial charge in [0.15, 0.2) is 0 Å². The number of aliphatic hydroxyl groups is 1. The molecule has 116 valence electrons. The number of rotatable bonds is 6. The van der Waals surface area contributed by atoms with Crippen LogP contribution in [0.1, 0.15) is 12.0 Å². The summed E-state index contributed by atoms with van der Waals surface area (Å²) in [7, 11) is 0. The Hall–Kier alpha value is -2.00. The number of aliphatic hydroxyl groups excluding tert-OH is 1. The highest BCUT2D eigenvalue weighted by molar-refractivity contribution is 5.51. The molecule has 3 nitrogen and oxygen atoms in total. The molecule has 0 aliphatic carbocycles. The lowest BCUT2D eigenvalue weighted by molar-refractivity contribution is 0.238. The van der Waals surface area contributed by atoms with Gasteiger partial charge in [0.2, 0.25) is 0 Å². The van der Waals surface area contributed by atoms with Gasteiger partial charge in [-0.25, -0.2) is 0 Å². The van der Waals surface area contributed by atoms with Gasteiger partial charge in [0.1, 0.15) is 5.75 Å². The molecular formula is C19H23NO2. The first-order chi connectivity index (χ1) is 10.8. The lowest BCUT2D eigenvalue weighted by atomic mass is 10.1. The third-order valence-corrected chi connectivity index (χ3v) is 4.23. The second-order valence-corrected chi connectivity index (χ2v) is 5.86. The maximum Gasteiger partial charge on any atom is 0.121 e. The SMILES string of the molecule is OCC1CCN(c2cccc(OCCc3ccccc3)c2)C1. The van der Waals surface area contributed by atoms with Gasteiger partial charge in [0.05, 0.1) is 6.61 Å². The highest BCUT2D eigenvalue weighted by Crippen LogP contribution is 2.26. The number of hydrogen-bond donors (Lipinski definition) is 1. The van der Waals surface area contributed by atoms with Crippen LogP contribution in [0.2, 0.25) is 0 Å². The van der Waals surface area contributed by atoms with E-state index in [0.717, 1.165) is 31.7 Å². The van der Waals surface area contributed by atoms with Crippen molar-refractivity contribution in [3.8, 4) is 5.75 Å². The molecule has 0 amide bonds. The van der Waals surface area contributed by atoms with E-state index >= 15 is 0 Å². The Labute approximate surface area is 132 Å². The van der Waals surface area contributed by atoms with Crippen LogP contribution in [-0.4, -0.2) is 31.4 Å². The minimum atomic E-state index is 0.282. The van der Waals surface area contributed by atoms with Crippen molar-refractivity contribution in [3.63, 3.8) is 0 Å². The molecule has 3 rings (SSSR count). The average molecular weight is 297 g/mol. The molecule has 0 aromatic heterocycles. The molecule has 1 saturated heterocycles. The van der Waals surface area contributed by atoms with E-state index in [4.69, 9.17) is 4.74 Å². The smallest absolute Gasteiger partial charge is 0.121 e. The Bertz CT molecular complexity index is 585. The number of nitrogens with zero attached hydrogens (tertiary/aromatic N) is 1. The summed E-state index contributed by atoms with van der Waals surface area (Å²) in [5, 5.41) is 9.26. The lowest BCUT2D eigenvalue weighted by Gasteiger charge is -2.19. The van der Waals surface area contributed by atoms with Crippen LogP contribution in [0.15, 0.2) is 54.6 Å². The summed E-state index contributed by atoms with van der Waals surface area (Å²) >= 11 is 0. The van der Waals surface area contributed by atoms with Crippen LogP contribution >= 0.6 is 0 Å². The van der Waals surface area contributed by atoms with Crippen LogP contribution in [-0.2, 0) is 6.42 Å². The topological polar surface area (TPSA) is 32.7 Å². The molecule has 0 radical (unpaired) electrons. The van der Waals surface area contributed by atoms with Gasteiger partial charge in [-0.2, -0.15) is 0 Å². The largest absolute Gasteiger partial charge is 0.493 e. The van der Waals surface area contributed by atoms with E-state index in [1.165, 1.54) is 11.3 Å². The van der Waals surface area contributed by atoms with E-state index in [1.54, 1.807) is 0 Å². The van der Waals surface area contributed by atoms with Crippen LogP contribution in [0, 0.1) is 5.92 Å². The molecule has 0 spiro atoms. The molecule has 3 heteroatoms. The maximum atomic E-state index is 9.26. The Balaban J connectivity index is 1.55. The Morgan fingerprint density at radius 2 is 1.95 bits per heavy atom. The summed E-state index contributed by atoms with van der Waals surface area (Å²) in [6, 6.07) is 18.7. The second-order valence-electron chi connectivity index (χ2n) is 5.86. The molecule has 1 aliphatic rings. The van der Waals surface area contributed by atoms with Gasteiger partial charge >= 0.3 is 0 Å². The van der Waals surface area contributed by atoms with Crippen LogP contribution < -0.4 is 9.64 Å². The van der Waals surface area contributed by atoms with E-state index in [-0.39, 0.29) is 6.61 Å². The zero-order valence-electron chi connectivity index (χ0n) is 12.8. The molecule has 2 aromatic carbocycles. The zero-order valence-corrected chi connectivity index (χ0v) is 12.8. The zero-order chi connectivity index (χ0) is 15.2. The first-order valence-corrected chi connectivity index (χ1v) is 7.98. The van der Waals surface area contributed by atoms with E-state index in [2.05, 4.69) is 41.3 Å². The molecule has 1 N–H and O–H groups in total. The van der Waals surface area contributed by atoms with Gasteiger partial charge in [-0.15, -0.1) is 0 Å². The molecule has 22 heavy (non-hydrogen) atoms. The molecule has 0 saturated carbocycles. The molecule has 2 aromatic rings. The van der Waals surface area contributed by atoms with E-state index in [0.29, 0.717) is 12.5 Å². The number of ether oxygens (including phenoxy) is 1. The third kappa shape index (κ3) is 3.80. The summed E-state index contributed by atoms with van der Waals surface area (Å²) < 4.78 is 5.89. The summed E-state index contributed by atoms with van der Waals surface area (Å²) in [5.41, 5.74) is 2.48. The van der Waals surface area contributed by atoms with Gasteiger partial charge < -0.3 is 14.7 Å². The summed E-state index contributed by atoms with van der Waals surface area (Å²) in [4.78, 5) is 2.32. The van der Waals surface area contributed by atoms with Crippen molar-refractivity contribution in [2.75, 3.05) is 31.2 Å². The second kappa shape index (κ2) is 7.32. The Morgan fingerprint density at radius 1 is 1.09 bits per heavy atom. The van der Waals surface area contributed by atoms with Gasteiger partial charge in [-0.05, 0) is 24.1 Å². The fourth-order valence-electron chi connectivity index (χ4n) is 2.92. The summed E-state index contributed by atoms with van der Waals surface area (Å²) in [5.74, 6) is 1.32. The number of hydrogen-bond acceptors (Lipinski definition) is 3. The van der Waals surface area contributed by atoms with Crippen molar-refractivity contribution in [1.82, 2.24) is 0 Å². The Morgan fingerprint density at radius 3 is 2.73 bits per heavy atom. The molecule has 1 aliphatic heterocycles. The van der Waals surface area contributed by atoms with Crippen molar-refractivity contribution >= 4 is 5.69 Å². The molecular weight excluding hydrogens is 274 g/mol. The van der Waals surface area contributed by atoms with Gasteiger partial charge in [-0.1, -0.05) is 36.4 Å². The van der Waals surface area contributed by atoms with Crippen molar-refractivity contribution in [2.24, 2.45) is 5.92 Å². The van der Waals surface area contributed by atoms with Gasteiger partial charge in [0.25, 0.3) is 0 Å². The molecule has 1 heterocycles. The van der Waals surface area contributed by atoms with Gasteiger partial charge in [0, 0.05) is 43.8 Å². The fraction of sp³-hybridized carbons (Fsp3) is 0.368. The molecule has 1 unspecified atom stereocenters. The number of benzene rings is 2. The molecule has 1 atom stereocenters. The van der Waals surface area contributed by atoms with Crippen LogP contribution in [0.4, 0.5) is 5.69 Å². The van der Waals surface area contributed by atoms with E-state index in [9.17, 15) is 5.11 Å². The Kier molecular flexibility index (Phi) is 4.96. The highest BCUT2D eigenvalue weighted by atomic mass is 16.5. The standard InChI is InChI=1S/C19H23NO2/c21-15-17-9-11-20(14-17)18-7-4-8-19(13-18)22-12-10-16-5-2-1-3-6-16/h1-8,13,17,21H,9-12,14-15H2. The minimum Gasteiger partial charge on any atom is -0.493 e. The van der Waals surface area contributed by atoms with Crippen molar-refractivity contribution in [2.45, 2.75) is 12.8 Å². The predicted octanol–water partition coefficient (Wildman–Crippen LogP) is 3.13. The third-order valence-electron chi connectivity index (χ3n) is 4.23. The van der Waals surface area contributed by atoms with Crippen LogP contribution in [0.25, 0.3) is 0 Å². The lowest BCUT2D eigenvalue weighted by Crippen LogP contribution is -2.20. The quantitative estimate of drug-likeness (QED) is 0.889. The normalized spacial score (nSPS) is 17.7. The van der Waals surface area contributed by atoms with Crippen LogP contribution in [0.5, 0.6) is 5.75 Å². The summed E-state index contributed by atoms with van der Waals surface area (Å²) in [6.45, 7) is 2.92. The predicted molar refractivity (Wildman–Crippen MR) is 89.5 cm³/mol. The van der Waals surface area contributed by atoms with Crippen LogP contribution in [0.3, 0.4) is 0 Å². The first-order valence-electron chi connectivity index (χ1n) is 7.98. The van der Waals surface area contributed by atoms with E-state index < -0.39 is 0 Å². The van der Waals surface area contributed by atoms with Gasteiger partial charge in [-0.3, -0.25) is 0 Å². The fourth-order valence-corrected chi connectivity index (χ4v) is 2.92. The van der Waals surface area contributed by atoms with Crippen molar-refractivity contribution < 1.29 is 9.84 Å².